The normalized spacial score (nSPS) is 18.5. The Morgan fingerprint density at radius 2 is 1.85 bits per heavy atom. The van der Waals surface area contributed by atoms with E-state index in [1.807, 2.05) is 0 Å². The second-order valence-electron chi connectivity index (χ2n) is 10.0. The molecule has 2 N–H and O–H groups in total. The minimum atomic E-state index is -5.17. The van der Waals surface area contributed by atoms with E-state index in [1.165, 1.54) is 36.6 Å². The van der Waals surface area contributed by atoms with Crippen LogP contribution in [0, 0.1) is 5.82 Å². The van der Waals surface area contributed by atoms with Crippen LogP contribution in [0.25, 0.3) is 22.2 Å². The number of nitrogens with zero attached hydrogens (tertiary/aromatic N) is 4. The molecule has 4 aromatic rings. The first-order valence-electron chi connectivity index (χ1n) is 12.0. The van der Waals surface area contributed by atoms with E-state index in [-0.39, 0.29) is 46.0 Å². The summed E-state index contributed by atoms with van der Waals surface area (Å²) in [6.45, 7) is -0.400. The van der Waals surface area contributed by atoms with Crippen LogP contribution in [0.4, 0.5) is 26.3 Å². The molecule has 2 aliphatic rings. The van der Waals surface area contributed by atoms with Gasteiger partial charge in [0.2, 0.25) is 0 Å². The molecule has 8 nitrogen and oxygen atoms in total. The van der Waals surface area contributed by atoms with E-state index in [0.717, 1.165) is 18.5 Å². The van der Waals surface area contributed by atoms with Crippen LogP contribution < -0.4 is 10.1 Å². The average Bonchev–Trinajstić information content (AvgIpc) is 3.34. The van der Waals surface area contributed by atoms with Gasteiger partial charge in [-0.2, -0.15) is 22.0 Å². The molecule has 2 aromatic heterocycles. The fraction of sp³-hybridized carbons (Fsp3) is 0.308. The van der Waals surface area contributed by atoms with Crippen molar-refractivity contribution in [2.45, 2.75) is 50.7 Å². The molecule has 1 amide bonds. The summed E-state index contributed by atoms with van der Waals surface area (Å²) >= 11 is 0. The number of alkyl halides is 5. The number of carbonyl (C=O) groups excluding carboxylic acids is 1. The first-order chi connectivity index (χ1) is 18.8. The number of hydrogen-bond donors (Lipinski definition) is 2. The summed E-state index contributed by atoms with van der Waals surface area (Å²) in [4.78, 5) is 25.0. The van der Waals surface area contributed by atoms with Gasteiger partial charge in [-0.1, -0.05) is 6.07 Å². The third-order valence-corrected chi connectivity index (χ3v) is 6.99. The molecule has 0 fully saturated rings. The van der Waals surface area contributed by atoms with E-state index in [4.69, 9.17) is 0 Å². The highest BCUT2D eigenvalue weighted by Crippen LogP contribution is 2.50. The van der Waals surface area contributed by atoms with E-state index in [9.17, 15) is 31.9 Å². The van der Waals surface area contributed by atoms with Crippen molar-refractivity contribution in [3.05, 3.63) is 70.8 Å². The zero-order valence-electron chi connectivity index (χ0n) is 20.7. The van der Waals surface area contributed by atoms with Gasteiger partial charge in [-0.15, -0.1) is 0 Å². The molecular weight excluding hydrogens is 544 g/mol. The van der Waals surface area contributed by atoms with Crippen LogP contribution in [0.3, 0.4) is 0 Å². The minimum Gasteiger partial charge on any atom is -0.434 e. The number of amides is 1. The van der Waals surface area contributed by atoms with Crippen LogP contribution in [0.1, 0.15) is 65.5 Å². The summed E-state index contributed by atoms with van der Waals surface area (Å²) in [5.41, 5.74) is -4.41. The fourth-order valence-corrected chi connectivity index (χ4v) is 5.37. The SMILES string of the molecule is CC(C)(O)c1ncc(-c2cc3c(nc4n3[C@@H]3C[C@H]4NC(=O)c4cccc(OC(F)F)c43)c(C(F)(F)F)c2F)cn1. The van der Waals surface area contributed by atoms with E-state index in [1.54, 1.807) is 0 Å². The van der Waals surface area contributed by atoms with Crippen molar-refractivity contribution >= 4 is 16.9 Å². The molecule has 4 heterocycles. The predicted octanol–water partition coefficient (Wildman–Crippen LogP) is 5.26. The summed E-state index contributed by atoms with van der Waals surface area (Å²) < 4.78 is 91.1. The average molecular weight is 563 g/mol. The predicted molar refractivity (Wildman–Crippen MR) is 127 cm³/mol. The van der Waals surface area contributed by atoms with Gasteiger partial charge in [0.15, 0.2) is 5.82 Å². The zero-order valence-corrected chi connectivity index (χ0v) is 20.7. The minimum absolute atomic E-state index is 0.0153. The van der Waals surface area contributed by atoms with Gasteiger partial charge in [0, 0.05) is 34.6 Å². The monoisotopic (exact) mass is 563 g/mol. The first-order valence-corrected chi connectivity index (χ1v) is 12.0. The highest BCUT2D eigenvalue weighted by atomic mass is 19.4. The molecule has 2 atom stereocenters. The van der Waals surface area contributed by atoms with Gasteiger partial charge >= 0.3 is 12.8 Å². The van der Waals surface area contributed by atoms with Crippen molar-refractivity contribution in [1.29, 1.82) is 0 Å². The first kappa shape index (κ1) is 26.0. The summed E-state index contributed by atoms with van der Waals surface area (Å²) in [6.07, 6.45) is -2.88. The number of ether oxygens (including phenoxy) is 1. The summed E-state index contributed by atoms with van der Waals surface area (Å²) in [6, 6.07) is 3.35. The van der Waals surface area contributed by atoms with Gasteiger partial charge in [0.1, 0.15) is 34.1 Å². The number of aromatic nitrogens is 4. The molecule has 208 valence electrons. The van der Waals surface area contributed by atoms with Crippen LogP contribution >= 0.6 is 0 Å². The Balaban J connectivity index is 1.63. The molecule has 0 radical (unpaired) electrons. The lowest BCUT2D eigenvalue weighted by molar-refractivity contribution is -0.138. The number of hydrogen-bond acceptors (Lipinski definition) is 6. The molecule has 0 saturated carbocycles. The topological polar surface area (TPSA) is 102 Å². The van der Waals surface area contributed by atoms with Crippen molar-refractivity contribution in [2.75, 3.05) is 0 Å². The van der Waals surface area contributed by atoms with Crippen LogP contribution in [-0.2, 0) is 11.8 Å². The van der Waals surface area contributed by atoms with Crippen LogP contribution in [0.2, 0.25) is 0 Å². The molecule has 2 aromatic carbocycles. The third-order valence-electron chi connectivity index (χ3n) is 6.99. The maximum absolute atomic E-state index is 15.6. The maximum atomic E-state index is 15.6. The molecule has 6 rings (SSSR count). The van der Waals surface area contributed by atoms with Crippen molar-refractivity contribution < 1.29 is 41.0 Å². The molecule has 2 bridgehead atoms. The van der Waals surface area contributed by atoms with Crippen LogP contribution in [-0.4, -0.2) is 37.1 Å². The number of rotatable bonds is 4. The maximum Gasteiger partial charge on any atom is 0.421 e. The number of aliphatic hydroxyl groups is 1. The number of halogens is 6. The quantitative estimate of drug-likeness (QED) is 0.329. The van der Waals surface area contributed by atoms with Crippen LogP contribution in [0.15, 0.2) is 36.7 Å². The number of nitrogens with one attached hydrogen (secondary N) is 1. The van der Waals surface area contributed by atoms with E-state index in [0.29, 0.717) is 0 Å². The highest BCUT2D eigenvalue weighted by Gasteiger charge is 2.46. The fourth-order valence-electron chi connectivity index (χ4n) is 5.37. The highest BCUT2D eigenvalue weighted by molar-refractivity contribution is 5.98. The second kappa shape index (κ2) is 8.65. The Labute approximate surface area is 221 Å². The van der Waals surface area contributed by atoms with Gasteiger partial charge in [0.05, 0.1) is 17.6 Å². The molecule has 0 spiro atoms. The Kier molecular flexibility index (Phi) is 5.63. The van der Waals surface area contributed by atoms with Gasteiger partial charge in [0.25, 0.3) is 5.91 Å². The van der Waals surface area contributed by atoms with E-state index < -0.39 is 58.8 Å². The lowest BCUT2D eigenvalue weighted by Gasteiger charge is -2.21. The Morgan fingerprint density at radius 3 is 2.48 bits per heavy atom. The number of carbonyl (C=O) groups is 1. The molecule has 2 aliphatic heterocycles. The third kappa shape index (κ3) is 3.96. The van der Waals surface area contributed by atoms with E-state index >= 15 is 4.39 Å². The van der Waals surface area contributed by atoms with Gasteiger partial charge in [-0.05, 0) is 38.5 Å². The number of benzene rings is 2. The van der Waals surface area contributed by atoms with Gasteiger partial charge in [-0.3, -0.25) is 4.79 Å². The van der Waals surface area contributed by atoms with Gasteiger partial charge in [-0.25, -0.2) is 19.3 Å². The molecule has 0 unspecified atom stereocenters. The molecule has 0 saturated heterocycles. The summed E-state index contributed by atoms with van der Waals surface area (Å²) in [5.74, 6) is -2.56. The summed E-state index contributed by atoms with van der Waals surface area (Å²) in [7, 11) is 0. The van der Waals surface area contributed by atoms with Crippen molar-refractivity contribution in [1.82, 2.24) is 24.8 Å². The lowest BCUT2D eigenvalue weighted by atomic mass is 9.97. The van der Waals surface area contributed by atoms with Crippen molar-refractivity contribution in [3.8, 4) is 16.9 Å². The van der Waals surface area contributed by atoms with Crippen molar-refractivity contribution in [2.24, 2.45) is 0 Å². The Bertz CT molecular complexity index is 1680. The Hall–Kier alpha value is -4.20. The number of imidazole rings is 1. The second-order valence-corrected chi connectivity index (χ2v) is 10.0. The number of fused-ring (bicyclic) bond motifs is 9. The molecule has 40 heavy (non-hydrogen) atoms. The summed E-state index contributed by atoms with van der Waals surface area (Å²) in [5, 5.41) is 12.8. The Morgan fingerprint density at radius 1 is 1.15 bits per heavy atom. The zero-order chi connectivity index (χ0) is 28.7. The smallest absolute Gasteiger partial charge is 0.421 e. The van der Waals surface area contributed by atoms with Crippen LogP contribution in [0.5, 0.6) is 5.75 Å². The molecule has 14 heteroatoms. The molecule has 0 aliphatic carbocycles. The standard InChI is InChI=1S/C26H19F6N5O3/c1-25(2,39)23-33-8-10(9-34-23)12-6-15-20(18(19(12)27)26(30,31)32)36-21-13-7-14(37(15)21)17-11(22(38)35-13)4-3-5-16(17)40-24(28)29/h3-6,8-9,13-14,24,39H,7H2,1-2H3,(H,35,38)/t13-,14-/m1/s1. The van der Waals surface area contributed by atoms with E-state index in [2.05, 4.69) is 25.0 Å². The largest absolute Gasteiger partial charge is 0.434 e. The van der Waals surface area contributed by atoms with Gasteiger partial charge < -0.3 is 19.7 Å². The lowest BCUT2D eigenvalue weighted by Crippen LogP contribution is -2.28. The molecular formula is C26H19F6N5O3. The van der Waals surface area contributed by atoms with Crippen molar-refractivity contribution in [3.63, 3.8) is 0 Å².